The summed E-state index contributed by atoms with van der Waals surface area (Å²) in [6.07, 6.45) is 1.43. The summed E-state index contributed by atoms with van der Waals surface area (Å²) in [5.74, 6) is -0.0893. The van der Waals surface area contributed by atoms with Crippen LogP contribution in [0, 0.1) is 0 Å². The van der Waals surface area contributed by atoms with Gasteiger partial charge in [-0.05, 0) is 26.0 Å². The Morgan fingerprint density at radius 2 is 2.00 bits per heavy atom. The number of para-hydroxylation sites is 1. The number of anilines is 1. The Morgan fingerprint density at radius 3 is 2.63 bits per heavy atom. The first-order chi connectivity index (χ1) is 9.09. The lowest BCUT2D eigenvalue weighted by Gasteiger charge is -2.04. The molecule has 0 atom stereocenters. The van der Waals surface area contributed by atoms with Crippen LogP contribution >= 0.6 is 0 Å². The van der Waals surface area contributed by atoms with Gasteiger partial charge in [0.2, 0.25) is 0 Å². The van der Waals surface area contributed by atoms with Gasteiger partial charge in [-0.1, -0.05) is 18.2 Å². The van der Waals surface area contributed by atoms with Crippen molar-refractivity contribution >= 4 is 17.4 Å². The molecule has 0 radical (unpaired) electrons. The molecular weight excluding hydrogens is 242 g/mol. The van der Waals surface area contributed by atoms with Gasteiger partial charge in [-0.15, -0.1) is 0 Å². The fourth-order valence-electron chi connectivity index (χ4n) is 1.53. The van der Waals surface area contributed by atoms with Crippen LogP contribution in [0.4, 0.5) is 5.82 Å². The second-order valence-electron chi connectivity index (χ2n) is 4.19. The van der Waals surface area contributed by atoms with Crippen LogP contribution in [0.1, 0.15) is 24.2 Å². The highest BCUT2D eigenvalue weighted by Gasteiger charge is 2.15. The number of nitrogens with one attached hydrogen (secondary N) is 1. The van der Waals surface area contributed by atoms with Crippen molar-refractivity contribution in [3.63, 3.8) is 0 Å². The van der Waals surface area contributed by atoms with E-state index in [-0.39, 0.29) is 11.7 Å². The number of carbonyl (C=O) groups is 1. The standard InChI is InChI=1S/C13H15N5O/c1-9(2)16-17-13(19)11-8-15-18(12(11)14)10-6-4-3-5-7-10/h3-8H,14H2,1-2H3,(H,17,19). The molecule has 3 N–H and O–H groups in total. The Balaban J connectivity index is 2.29. The highest BCUT2D eigenvalue weighted by Crippen LogP contribution is 2.16. The number of aromatic nitrogens is 2. The van der Waals surface area contributed by atoms with Crippen molar-refractivity contribution in [2.24, 2.45) is 5.10 Å². The molecule has 0 unspecified atom stereocenters. The molecule has 19 heavy (non-hydrogen) atoms. The van der Waals surface area contributed by atoms with E-state index >= 15 is 0 Å². The van der Waals surface area contributed by atoms with Crippen molar-refractivity contribution in [3.8, 4) is 5.69 Å². The largest absolute Gasteiger partial charge is 0.383 e. The van der Waals surface area contributed by atoms with Gasteiger partial charge in [0, 0.05) is 5.71 Å². The van der Waals surface area contributed by atoms with E-state index in [2.05, 4.69) is 15.6 Å². The Labute approximate surface area is 110 Å². The molecule has 0 saturated carbocycles. The van der Waals surface area contributed by atoms with Crippen molar-refractivity contribution in [1.29, 1.82) is 0 Å². The lowest BCUT2D eigenvalue weighted by Crippen LogP contribution is -2.19. The van der Waals surface area contributed by atoms with Gasteiger partial charge in [0.15, 0.2) is 0 Å². The number of hydrogen-bond donors (Lipinski definition) is 2. The number of amides is 1. The smallest absolute Gasteiger partial charge is 0.276 e. The third-order valence-corrected chi connectivity index (χ3v) is 2.43. The lowest BCUT2D eigenvalue weighted by atomic mass is 10.3. The molecule has 2 rings (SSSR count). The zero-order chi connectivity index (χ0) is 13.8. The summed E-state index contributed by atoms with van der Waals surface area (Å²) in [6.45, 7) is 3.58. The van der Waals surface area contributed by atoms with Crippen LogP contribution in [0.15, 0.2) is 41.6 Å². The van der Waals surface area contributed by atoms with Crippen molar-refractivity contribution in [1.82, 2.24) is 15.2 Å². The van der Waals surface area contributed by atoms with E-state index in [1.807, 2.05) is 30.3 Å². The lowest BCUT2D eigenvalue weighted by molar-refractivity contribution is 0.0955. The quantitative estimate of drug-likeness (QED) is 0.646. The van der Waals surface area contributed by atoms with Gasteiger partial charge >= 0.3 is 0 Å². The molecule has 0 aliphatic carbocycles. The molecule has 0 bridgehead atoms. The fraction of sp³-hybridized carbons (Fsp3) is 0.154. The summed E-state index contributed by atoms with van der Waals surface area (Å²) in [5.41, 5.74) is 10.2. The van der Waals surface area contributed by atoms with Crippen LogP contribution in [0.5, 0.6) is 0 Å². The minimum absolute atomic E-state index is 0.285. The Kier molecular flexibility index (Phi) is 3.61. The summed E-state index contributed by atoms with van der Waals surface area (Å²) in [7, 11) is 0. The molecule has 1 aromatic carbocycles. The van der Waals surface area contributed by atoms with E-state index in [9.17, 15) is 4.79 Å². The van der Waals surface area contributed by atoms with Crippen molar-refractivity contribution in [2.75, 3.05) is 5.73 Å². The topological polar surface area (TPSA) is 85.3 Å². The van der Waals surface area contributed by atoms with Gasteiger partial charge in [0.25, 0.3) is 5.91 Å². The molecule has 6 nitrogen and oxygen atoms in total. The minimum atomic E-state index is -0.374. The van der Waals surface area contributed by atoms with Crippen LogP contribution in [0.25, 0.3) is 5.69 Å². The molecule has 0 spiro atoms. The summed E-state index contributed by atoms with van der Waals surface area (Å²) in [4.78, 5) is 11.9. The molecule has 1 heterocycles. The number of nitrogens with zero attached hydrogens (tertiary/aromatic N) is 3. The van der Waals surface area contributed by atoms with Crippen molar-refractivity contribution in [2.45, 2.75) is 13.8 Å². The molecule has 0 saturated heterocycles. The highest BCUT2D eigenvalue weighted by molar-refractivity contribution is 5.99. The highest BCUT2D eigenvalue weighted by atomic mass is 16.2. The summed E-state index contributed by atoms with van der Waals surface area (Å²) in [5, 5.41) is 7.97. The molecule has 0 fully saturated rings. The zero-order valence-corrected chi connectivity index (χ0v) is 10.8. The average Bonchev–Trinajstić information content (AvgIpc) is 2.79. The molecule has 6 heteroatoms. The van der Waals surface area contributed by atoms with Gasteiger partial charge in [-0.25, -0.2) is 10.1 Å². The molecular formula is C13H15N5O. The second kappa shape index (κ2) is 5.34. The Hall–Kier alpha value is -2.63. The monoisotopic (exact) mass is 257 g/mol. The molecule has 2 aromatic rings. The summed E-state index contributed by atoms with van der Waals surface area (Å²) < 4.78 is 1.51. The van der Waals surface area contributed by atoms with Crippen molar-refractivity contribution < 1.29 is 4.79 Å². The van der Waals surface area contributed by atoms with E-state index in [1.165, 1.54) is 10.9 Å². The van der Waals surface area contributed by atoms with E-state index < -0.39 is 0 Å². The molecule has 0 aliphatic heterocycles. The molecule has 98 valence electrons. The minimum Gasteiger partial charge on any atom is -0.383 e. The maximum absolute atomic E-state index is 11.9. The third-order valence-electron chi connectivity index (χ3n) is 2.43. The van der Waals surface area contributed by atoms with Crippen LogP contribution in [0.2, 0.25) is 0 Å². The first kappa shape index (κ1) is 12.8. The predicted octanol–water partition coefficient (Wildman–Crippen LogP) is 1.58. The van der Waals surface area contributed by atoms with Gasteiger partial charge in [-0.3, -0.25) is 4.79 Å². The normalized spacial score (nSPS) is 10.0. The number of nitrogen functional groups attached to an aromatic ring is 1. The van der Waals surface area contributed by atoms with Crippen LogP contribution in [-0.2, 0) is 0 Å². The van der Waals surface area contributed by atoms with E-state index in [4.69, 9.17) is 5.73 Å². The summed E-state index contributed by atoms with van der Waals surface area (Å²) in [6, 6.07) is 9.37. The second-order valence-corrected chi connectivity index (χ2v) is 4.19. The van der Waals surface area contributed by atoms with Gasteiger partial charge in [-0.2, -0.15) is 10.2 Å². The van der Waals surface area contributed by atoms with Crippen LogP contribution in [-0.4, -0.2) is 21.4 Å². The van der Waals surface area contributed by atoms with E-state index in [0.717, 1.165) is 11.4 Å². The van der Waals surface area contributed by atoms with Gasteiger partial charge < -0.3 is 5.73 Å². The molecule has 0 aliphatic rings. The number of hydrogen-bond acceptors (Lipinski definition) is 4. The number of benzene rings is 1. The first-order valence-electron chi connectivity index (χ1n) is 5.79. The predicted molar refractivity (Wildman–Crippen MR) is 74.2 cm³/mol. The molecule has 1 amide bonds. The molecule has 1 aromatic heterocycles. The van der Waals surface area contributed by atoms with Gasteiger partial charge in [0.05, 0.1) is 11.9 Å². The maximum Gasteiger partial charge on any atom is 0.276 e. The SMILES string of the molecule is CC(C)=NNC(=O)c1cnn(-c2ccccc2)c1N. The van der Waals surface area contributed by atoms with E-state index in [0.29, 0.717) is 5.56 Å². The first-order valence-corrected chi connectivity index (χ1v) is 5.79. The fourth-order valence-corrected chi connectivity index (χ4v) is 1.53. The number of hydrazone groups is 1. The van der Waals surface area contributed by atoms with Crippen LogP contribution < -0.4 is 11.2 Å². The Bertz CT molecular complexity index is 611. The van der Waals surface area contributed by atoms with Gasteiger partial charge in [0.1, 0.15) is 11.4 Å². The van der Waals surface area contributed by atoms with Crippen molar-refractivity contribution in [3.05, 3.63) is 42.1 Å². The Morgan fingerprint density at radius 1 is 1.32 bits per heavy atom. The number of carbonyl (C=O) groups excluding carboxylic acids is 1. The van der Waals surface area contributed by atoms with Crippen LogP contribution in [0.3, 0.4) is 0 Å². The maximum atomic E-state index is 11.9. The zero-order valence-electron chi connectivity index (χ0n) is 10.8. The number of rotatable bonds is 3. The average molecular weight is 257 g/mol. The summed E-state index contributed by atoms with van der Waals surface area (Å²) >= 11 is 0. The number of nitrogens with two attached hydrogens (primary N) is 1. The van der Waals surface area contributed by atoms with E-state index in [1.54, 1.807) is 13.8 Å². The third kappa shape index (κ3) is 2.79.